The normalized spacial score (nSPS) is 17.2. The van der Waals surface area contributed by atoms with Gasteiger partial charge in [0.1, 0.15) is 0 Å². The van der Waals surface area contributed by atoms with Crippen molar-refractivity contribution in [1.82, 2.24) is 10.2 Å². The lowest BCUT2D eigenvalue weighted by Crippen LogP contribution is -2.36. The van der Waals surface area contributed by atoms with Gasteiger partial charge >= 0.3 is 6.18 Å². The molecule has 0 unspecified atom stereocenters. The summed E-state index contributed by atoms with van der Waals surface area (Å²) in [5, 5.41) is 5.47. The molecule has 5 nitrogen and oxygen atoms in total. The Bertz CT molecular complexity index is 1320. The molecular weight excluding hydrogens is 467 g/mol. The molecule has 0 atom stereocenters. The van der Waals surface area contributed by atoms with Gasteiger partial charge in [-0.05, 0) is 79.0 Å². The van der Waals surface area contributed by atoms with Crippen LogP contribution in [0.3, 0.4) is 0 Å². The van der Waals surface area contributed by atoms with Crippen molar-refractivity contribution >= 4 is 23.1 Å². The van der Waals surface area contributed by atoms with E-state index in [1.54, 1.807) is 24.4 Å². The number of amides is 2. The number of hydrogen-bond acceptors (Lipinski definition) is 4. The van der Waals surface area contributed by atoms with Gasteiger partial charge in [0, 0.05) is 29.6 Å². The third-order valence-corrected chi connectivity index (χ3v) is 6.51. The van der Waals surface area contributed by atoms with Gasteiger partial charge in [-0.2, -0.15) is 13.2 Å². The van der Waals surface area contributed by atoms with E-state index >= 15 is 0 Å². The second-order valence-corrected chi connectivity index (χ2v) is 9.00. The summed E-state index contributed by atoms with van der Waals surface area (Å²) in [4.78, 5) is 27.5. The zero-order valence-corrected chi connectivity index (χ0v) is 19.4. The van der Waals surface area contributed by atoms with Crippen molar-refractivity contribution in [3.05, 3.63) is 95.2 Å². The van der Waals surface area contributed by atoms with Gasteiger partial charge in [-0.25, -0.2) is 0 Å². The summed E-state index contributed by atoms with van der Waals surface area (Å²) in [5.41, 5.74) is 3.40. The standard InChI is InChI=1S/C28H24F3N3O2/c29-28(30,31)21-8-5-19(6-9-21)20-7-12-23-24(15-20)25(27(36)33-26(23)35)16-32-22-10-3-18(4-11-22)17-34-13-1-2-14-34/h3-12,15-16,32H,1-2,13-14,17H2,(H,33,35,36)/b25-16-. The highest BCUT2D eigenvalue weighted by Gasteiger charge is 2.30. The van der Waals surface area contributed by atoms with Crippen LogP contribution in [-0.4, -0.2) is 29.8 Å². The summed E-state index contributed by atoms with van der Waals surface area (Å²) < 4.78 is 38.8. The van der Waals surface area contributed by atoms with E-state index in [1.807, 2.05) is 24.3 Å². The molecule has 0 bridgehead atoms. The first-order chi connectivity index (χ1) is 17.3. The van der Waals surface area contributed by atoms with E-state index in [4.69, 9.17) is 0 Å². The fraction of sp³-hybridized carbons (Fsp3) is 0.214. The van der Waals surface area contributed by atoms with Gasteiger partial charge in [0.05, 0.1) is 11.1 Å². The molecule has 0 aliphatic carbocycles. The molecule has 0 radical (unpaired) electrons. The fourth-order valence-corrected chi connectivity index (χ4v) is 4.56. The molecule has 2 aliphatic heterocycles. The molecular formula is C28H24F3N3O2. The summed E-state index contributed by atoms with van der Waals surface area (Å²) in [5.74, 6) is -1.06. The Balaban J connectivity index is 1.39. The number of carbonyl (C=O) groups excluding carboxylic acids is 2. The van der Waals surface area contributed by atoms with Crippen molar-refractivity contribution < 1.29 is 22.8 Å². The summed E-state index contributed by atoms with van der Waals surface area (Å²) in [6, 6.07) is 17.6. The van der Waals surface area contributed by atoms with E-state index in [1.165, 1.54) is 30.5 Å². The van der Waals surface area contributed by atoms with E-state index in [-0.39, 0.29) is 5.57 Å². The van der Waals surface area contributed by atoms with Crippen molar-refractivity contribution in [3.8, 4) is 11.1 Å². The van der Waals surface area contributed by atoms with E-state index in [0.717, 1.165) is 37.5 Å². The lowest BCUT2D eigenvalue weighted by molar-refractivity contribution is -0.137. The monoisotopic (exact) mass is 491 g/mol. The highest BCUT2D eigenvalue weighted by Crippen LogP contribution is 2.33. The van der Waals surface area contributed by atoms with Gasteiger partial charge < -0.3 is 5.32 Å². The van der Waals surface area contributed by atoms with Gasteiger partial charge in [-0.15, -0.1) is 0 Å². The lowest BCUT2D eigenvalue weighted by Gasteiger charge is -2.20. The average Bonchev–Trinajstić information content (AvgIpc) is 3.37. The Morgan fingerprint density at radius 1 is 0.833 bits per heavy atom. The van der Waals surface area contributed by atoms with E-state index in [9.17, 15) is 22.8 Å². The number of hydrogen-bond donors (Lipinski definition) is 2. The molecule has 0 aromatic heterocycles. The molecule has 2 N–H and O–H groups in total. The molecule has 2 amide bonds. The third-order valence-electron chi connectivity index (χ3n) is 6.51. The Morgan fingerprint density at radius 3 is 2.17 bits per heavy atom. The number of anilines is 1. The van der Waals surface area contributed by atoms with Crippen LogP contribution in [0.15, 0.2) is 72.9 Å². The van der Waals surface area contributed by atoms with E-state index < -0.39 is 23.6 Å². The molecule has 184 valence electrons. The topological polar surface area (TPSA) is 61.4 Å². The average molecular weight is 492 g/mol. The second-order valence-electron chi connectivity index (χ2n) is 9.00. The van der Waals surface area contributed by atoms with Gasteiger partial charge in [-0.3, -0.25) is 19.8 Å². The number of benzene rings is 3. The highest BCUT2D eigenvalue weighted by molar-refractivity contribution is 6.31. The van der Waals surface area contributed by atoms with Gasteiger partial charge in [-0.1, -0.05) is 30.3 Å². The van der Waals surface area contributed by atoms with Gasteiger partial charge in [0.25, 0.3) is 11.8 Å². The first-order valence-corrected chi connectivity index (χ1v) is 11.7. The number of nitrogens with zero attached hydrogens (tertiary/aromatic N) is 1. The van der Waals surface area contributed by atoms with Crippen molar-refractivity contribution in [2.75, 3.05) is 18.4 Å². The lowest BCUT2D eigenvalue weighted by atomic mass is 9.91. The first kappa shape index (κ1) is 23.8. The molecule has 0 saturated carbocycles. The zero-order chi connectivity index (χ0) is 25.3. The summed E-state index contributed by atoms with van der Waals surface area (Å²) in [6.45, 7) is 3.15. The minimum absolute atomic E-state index is 0.263. The third kappa shape index (κ3) is 5.04. The van der Waals surface area contributed by atoms with Crippen LogP contribution in [0, 0.1) is 0 Å². The largest absolute Gasteiger partial charge is 0.416 e. The quantitative estimate of drug-likeness (QED) is 0.356. The van der Waals surface area contributed by atoms with Crippen LogP contribution < -0.4 is 10.6 Å². The molecule has 3 aromatic rings. The Hall–Kier alpha value is -3.91. The highest BCUT2D eigenvalue weighted by atomic mass is 19.4. The van der Waals surface area contributed by atoms with Crippen LogP contribution in [0.2, 0.25) is 0 Å². The molecule has 1 saturated heterocycles. The minimum atomic E-state index is -4.42. The molecule has 2 heterocycles. The molecule has 5 rings (SSSR count). The Labute approximate surface area is 206 Å². The van der Waals surface area contributed by atoms with Crippen molar-refractivity contribution in [3.63, 3.8) is 0 Å². The van der Waals surface area contributed by atoms with Crippen LogP contribution in [0.4, 0.5) is 18.9 Å². The molecule has 8 heteroatoms. The molecule has 2 aliphatic rings. The molecule has 1 fully saturated rings. The summed E-state index contributed by atoms with van der Waals surface area (Å²) >= 11 is 0. The smallest absolute Gasteiger partial charge is 0.361 e. The maximum Gasteiger partial charge on any atom is 0.416 e. The van der Waals surface area contributed by atoms with Crippen LogP contribution in [0.5, 0.6) is 0 Å². The number of halogens is 3. The molecule has 36 heavy (non-hydrogen) atoms. The van der Waals surface area contributed by atoms with Crippen LogP contribution >= 0.6 is 0 Å². The molecule has 3 aromatic carbocycles. The van der Waals surface area contributed by atoms with Gasteiger partial charge in [0.2, 0.25) is 0 Å². The Morgan fingerprint density at radius 2 is 1.50 bits per heavy atom. The van der Waals surface area contributed by atoms with E-state index in [2.05, 4.69) is 15.5 Å². The van der Waals surface area contributed by atoms with Gasteiger partial charge in [0.15, 0.2) is 0 Å². The summed E-state index contributed by atoms with van der Waals surface area (Å²) in [7, 11) is 0. The molecule has 0 spiro atoms. The number of carbonyl (C=O) groups is 2. The van der Waals surface area contributed by atoms with Crippen molar-refractivity contribution in [2.45, 2.75) is 25.6 Å². The Kier molecular flexibility index (Phi) is 6.36. The fourth-order valence-electron chi connectivity index (χ4n) is 4.56. The van der Waals surface area contributed by atoms with Crippen LogP contribution in [0.1, 0.15) is 39.9 Å². The minimum Gasteiger partial charge on any atom is -0.361 e. The number of imide groups is 1. The maximum atomic E-state index is 12.9. The SMILES string of the molecule is O=C1NC(=O)c2ccc(-c3ccc(C(F)(F)F)cc3)cc2/C1=C/Nc1ccc(CN2CCCC2)cc1. The number of fused-ring (bicyclic) bond motifs is 1. The number of likely N-dealkylation sites (tertiary alicyclic amines) is 1. The predicted molar refractivity (Wildman–Crippen MR) is 132 cm³/mol. The number of alkyl halides is 3. The number of rotatable bonds is 5. The zero-order valence-electron chi connectivity index (χ0n) is 19.4. The maximum absolute atomic E-state index is 12.9. The van der Waals surface area contributed by atoms with E-state index in [0.29, 0.717) is 22.3 Å². The van der Waals surface area contributed by atoms with Crippen molar-refractivity contribution in [2.24, 2.45) is 0 Å². The summed E-state index contributed by atoms with van der Waals surface area (Å²) in [6.07, 6.45) is -0.404. The van der Waals surface area contributed by atoms with Crippen LogP contribution in [-0.2, 0) is 17.5 Å². The first-order valence-electron chi connectivity index (χ1n) is 11.7. The van der Waals surface area contributed by atoms with Crippen molar-refractivity contribution in [1.29, 1.82) is 0 Å². The predicted octanol–water partition coefficient (Wildman–Crippen LogP) is 5.69. The van der Waals surface area contributed by atoms with Crippen LogP contribution in [0.25, 0.3) is 16.7 Å². The second kappa shape index (κ2) is 9.62. The number of nitrogens with one attached hydrogen (secondary N) is 2.